The summed E-state index contributed by atoms with van der Waals surface area (Å²) >= 11 is 0. The molecule has 4 aliphatic heterocycles. The SMILES string of the molecule is CCNC(=O)CCCCCNC(=O)CN(CC(=O)NCCCCCC(=O)NCCO[C@@H]1O[C@@H](C)[C@@H](O)[C@@H](O)[C@@H]1O)CC(=O)NCCCC(=O)NCCO[C@H]1OC(CO[C@H]2O[C@H](CO)[C@@H](O)[C@H](O)[C@@H]2O)[C@@H](O)[C@H](O[C@H]2O[C@H](CO)[C@@H](O)[C@H](O)[C@@H]2O)[C@@H]1O. The van der Waals surface area contributed by atoms with Crippen LogP contribution in [-0.4, -0.2) is 321 Å². The van der Waals surface area contributed by atoms with E-state index >= 15 is 0 Å². The van der Waals surface area contributed by atoms with Gasteiger partial charge in [0.25, 0.3) is 0 Å². The van der Waals surface area contributed by atoms with Crippen LogP contribution in [0.2, 0.25) is 0 Å². The van der Waals surface area contributed by atoms with E-state index in [1.807, 2.05) is 6.92 Å². The number of nitrogens with one attached hydrogen (secondary N) is 6. The van der Waals surface area contributed by atoms with E-state index in [0.29, 0.717) is 58.0 Å². The lowest BCUT2D eigenvalue weighted by molar-refractivity contribution is -0.366. The Morgan fingerprint density at radius 2 is 0.791 bits per heavy atom. The third kappa shape index (κ3) is 24.4. The molecule has 4 fully saturated rings. The first-order chi connectivity index (χ1) is 41.0. The molecule has 0 aromatic rings. The first kappa shape index (κ1) is 74.4. The molecule has 0 radical (unpaired) electrons. The first-order valence-electron chi connectivity index (χ1n) is 29.2. The van der Waals surface area contributed by atoms with Gasteiger partial charge in [0.15, 0.2) is 25.2 Å². The van der Waals surface area contributed by atoms with Crippen molar-refractivity contribution >= 4 is 35.4 Å². The fraction of sp³-hybridized carbons (Fsp3) is 0.885. The van der Waals surface area contributed by atoms with Crippen molar-refractivity contribution in [2.75, 3.05) is 91.9 Å². The Morgan fingerprint density at radius 1 is 0.395 bits per heavy atom. The summed E-state index contributed by atoms with van der Waals surface area (Å²) in [5.41, 5.74) is 0. The van der Waals surface area contributed by atoms with Gasteiger partial charge in [-0.2, -0.15) is 0 Å². The van der Waals surface area contributed by atoms with Gasteiger partial charge in [0.05, 0.1) is 58.8 Å². The Hall–Kier alpha value is -4.06. The van der Waals surface area contributed by atoms with Crippen LogP contribution in [0, 0.1) is 0 Å². The molecule has 0 bridgehead atoms. The maximum atomic E-state index is 13.1. The van der Waals surface area contributed by atoms with E-state index in [4.69, 9.17) is 37.9 Å². The maximum Gasteiger partial charge on any atom is 0.234 e. The normalized spacial score (nSPS) is 32.9. The maximum absolute atomic E-state index is 13.1. The molecule has 6 amide bonds. The van der Waals surface area contributed by atoms with Gasteiger partial charge in [-0.1, -0.05) is 12.8 Å². The number of aliphatic hydroxyl groups is 13. The van der Waals surface area contributed by atoms with Gasteiger partial charge < -0.3 is 136 Å². The molecule has 19 N–H and O–H groups in total. The fourth-order valence-electron chi connectivity index (χ4n) is 9.46. The molecule has 0 aromatic heterocycles. The Kier molecular flexibility index (Phi) is 33.9. The van der Waals surface area contributed by atoms with Crippen LogP contribution >= 0.6 is 0 Å². The van der Waals surface area contributed by atoms with Crippen LogP contribution in [0.1, 0.15) is 78.1 Å². The predicted octanol–water partition coefficient (Wildman–Crippen LogP) is -9.78. The highest BCUT2D eigenvalue weighted by atomic mass is 16.8. The lowest BCUT2D eigenvalue weighted by Crippen LogP contribution is -2.65. The second-order valence-corrected chi connectivity index (χ2v) is 21.3. The van der Waals surface area contributed by atoms with Crippen molar-refractivity contribution in [2.24, 2.45) is 0 Å². The number of hydrogen-bond donors (Lipinski definition) is 19. The van der Waals surface area contributed by atoms with Crippen LogP contribution in [0.15, 0.2) is 0 Å². The molecule has 0 spiro atoms. The number of carbonyl (C=O) groups is 6. The van der Waals surface area contributed by atoms with E-state index in [-0.39, 0.29) is 90.1 Å². The number of carbonyl (C=O) groups excluding carboxylic acids is 6. The monoisotopic (exact) mass is 1250 g/mol. The van der Waals surface area contributed by atoms with Crippen molar-refractivity contribution in [3.05, 3.63) is 0 Å². The van der Waals surface area contributed by atoms with Crippen molar-refractivity contribution in [3.8, 4) is 0 Å². The molecule has 0 aliphatic carbocycles. The van der Waals surface area contributed by atoms with Crippen molar-refractivity contribution in [3.63, 3.8) is 0 Å². The summed E-state index contributed by atoms with van der Waals surface area (Å²) in [6, 6.07) is 0. The van der Waals surface area contributed by atoms with Crippen LogP contribution in [0.25, 0.3) is 0 Å². The summed E-state index contributed by atoms with van der Waals surface area (Å²) in [7, 11) is 0. The van der Waals surface area contributed by atoms with E-state index in [1.165, 1.54) is 11.8 Å². The highest BCUT2D eigenvalue weighted by Gasteiger charge is 2.52. The summed E-state index contributed by atoms with van der Waals surface area (Å²) < 4.78 is 44.2. The molecule has 498 valence electrons. The minimum atomic E-state index is -1.96. The van der Waals surface area contributed by atoms with Gasteiger partial charge in [-0.15, -0.1) is 0 Å². The van der Waals surface area contributed by atoms with E-state index in [0.717, 1.165) is 0 Å². The minimum Gasteiger partial charge on any atom is -0.394 e. The summed E-state index contributed by atoms with van der Waals surface area (Å²) in [6.07, 6.45) is -28.1. The van der Waals surface area contributed by atoms with Gasteiger partial charge in [-0.05, 0) is 46.0 Å². The summed E-state index contributed by atoms with van der Waals surface area (Å²) in [5, 5.41) is 150. The number of ether oxygens (including phenoxy) is 8. The van der Waals surface area contributed by atoms with Crippen LogP contribution in [-0.2, 0) is 66.7 Å². The van der Waals surface area contributed by atoms with E-state index in [2.05, 4.69) is 31.9 Å². The van der Waals surface area contributed by atoms with Crippen LogP contribution in [0.3, 0.4) is 0 Å². The predicted molar refractivity (Wildman–Crippen MR) is 290 cm³/mol. The third-order valence-electron chi connectivity index (χ3n) is 14.5. The first-order valence-corrected chi connectivity index (χ1v) is 29.2. The molecule has 4 heterocycles. The smallest absolute Gasteiger partial charge is 0.234 e. The number of nitrogens with zero attached hydrogens (tertiary/aromatic N) is 1. The van der Waals surface area contributed by atoms with Gasteiger partial charge in [-0.3, -0.25) is 33.7 Å². The standard InChI is InChI=1S/C52H93N7O27/c1-3-53-31(62)11-6-4-8-14-54-34(65)21-59(22-35(66)55-15-9-5-7-12-32(63)57-17-19-79-49-44(75)41(72)37(68)27(2)82-49)23-36(67)56-16-10-13-33(64)58-18-20-80-51-47(78)48(86-52-46(77)43(74)39(70)29(25-61)84-52)40(71)30(85-51)26-81-50-45(76)42(73)38(69)28(24-60)83-50/h27-30,37-52,60-61,68-78H,3-26H2,1-2H3,(H,53,62)(H,54,65)(H,55,66)(H,56,67)(H,57,63)(H,58,64)/t27-,28+,29+,30?,37+,38+,39+,40+,41+,42-,43-,44-,45-,46-,47-,48-,49+,50-,51-,52+/m0/s1. The van der Waals surface area contributed by atoms with Crippen LogP contribution in [0.4, 0.5) is 0 Å². The summed E-state index contributed by atoms with van der Waals surface area (Å²) in [4.78, 5) is 77.3. The van der Waals surface area contributed by atoms with Gasteiger partial charge in [-0.25, -0.2) is 0 Å². The minimum absolute atomic E-state index is 0.0135. The zero-order valence-electron chi connectivity index (χ0n) is 48.5. The van der Waals surface area contributed by atoms with Crippen molar-refractivity contribution in [1.29, 1.82) is 0 Å². The number of amides is 6. The molecule has 4 saturated heterocycles. The van der Waals surface area contributed by atoms with Crippen molar-refractivity contribution < 1.29 is 133 Å². The topological polar surface area (TPSA) is 515 Å². The Labute approximate surface area is 497 Å². The lowest BCUT2D eigenvalue weighted by atomic mass is 9.96. The lowest BCUT2D eigenvalue weighted by Gasteiger charge is -2.46. The molecule has 0 aromatic carbocycles. The molecule has 4 aliphatic rings. The number of unbranched alkanes of at least 4 members (excludes halogenated alkanes) is 4. The Morgan fingerprint density at radius 3 is 1.28 bits per heavy atom. The van der Waals surface area contributed by atoms with Gasteiger partial charge in [0.2, 0.25) is 35.4 Å². The molecule has 34 heteroatoms. The Balaban J connectivity index is 1.21. The second-order valence-electron chi connectivity index (χ2n) is 21.3. The molecule has 86 heavy (non-hydrogen) atoms. The quantitative estimate of drug-likeness (QED) is 0.0255. The average molecular weight is 1250 g/mol. The third-order valence-corrected chi connectivity index (χ3v) is 14.5. The van der Waals surface area contributed by atoms with Gasteiger partial charge >= 0.3 is 0 Å². The highest BCUT2D eigenvalue weighted by molar-refractivity contribution is 5.84. The van der Waals surface area contributed by atoms with Crippen molar-refractivity contribution in [1.82, 2.24) is 36.8 Å². The number of hydrogen-bond acceptors (Lipinski definition) is 28. The summed E-state index contributed by atoms with van der Waals surface area (Å²) in [5.74, 6) is -2.28. The van der Waals surface area contributed by atoms with E-state index < -0.39 is 166 Å². The zero-order valence-corrected chi connectivity index (χ0v) is 48.5. The van der Waals surface area contributed by atoms with E-state index in [1.54, 1.807) is 0 Å². The highest BCUT2D eigenvalue weighted by Crippen LogP contribution is 2.31. The van der Waals surface area contributed by atoms with Gasteiger partial charge in [0.1, 0.15) is 91.6 Å². The van der Waals surface area contributed by atoms with Crippen LogP contribution in [0.5, 0.6) is 0 Å². The van der Waals surface area contributed by atoms with Crippen LogP contribution < -0.4 is 31.9 Å². The molecule has 4 rings (SSSR count). The van der Waals surface area contributed by atoms with Gasteiger partial charge in [0, 0.05) is 58.5 Å². The number of rotatable bonds is 38. The van der Waals surface area contributed by atoms with E-state index in [9.17, 15) is 95.2 Å². The average Bonchev–Trinajstić information content (AvgIpc) is 2.62. The molecular formula is C52H93N7O27. The molecule has 20 atom stereocenters. The fourth-order valence-corrected chi connectivity index (χ4v) is 9.46. The molecular weight excluding hydrogens is 1150 g/mol. The summed E-state index contributed by atoms with van der Waals surface area (Å²) in [6.45, 7) is 0.690. The second kappa shape index (κ2) is 39.2. The molecule has 0 saturated carbocycles. The largest absolute Gasteiger partial charge is 0.394 e. The molecule has 34 nitrogen and oxygen atoms in total. The number of aliphatic hydroxyl groups excluding tert-OH is 13. The molecule has 1 unspecified atom stereocenters. The Bertz CT molecular complexity index is 2030. The zero-order chi connectivity index (χ0) is 63.5. The van der Waals surface area contributed by atoms with Crippen molar-refractivity contribution in [2.45, 2.75) is 201 Å².